The van der Waals surface area contributed by atoms with Crippen LogP contribution >= 0.6 is 15.9 Å². The maximum absolute atomic E-state index is 12.0. The van der Waals surface area contributed by atoms with Crippen molar-refractivity contribution in [3.05, 3.63) is 22.6 Å². The predicted molar refractivity (Wildman–Crippen MR) is 81.4 cm³/mol. The van der Waals surface area contributed by atoms with Gasteiger partial charge >= 0.3 is 6.03 Å². The van der Waals surface area contributed by atoms with Gasteiger partial charge in [0.25, 0.3) is 0 Å². The van der Waals surface area contributed by atoms with Crippen LogP contribution in [0.15, 0.2) is 21.2 Å². The number of amides is 2. The lowest BCUT2D eigenvalue weighted by atomic mass is 9.87. The number of carbonyl (C=O) groups is 1. The molecule has 2 amide bonds. The first-order valence-electron chi connectivity index (χ1n) is 6.61. The summed E-state index contributed by atoms with van der Waals surface area (Å²) in [5, 5.41) is 12.3. The third-order valence-electron chi connectivity index (χ3n) is 2.93. The van der Waals surface area contributed by atoms with Gasteiger partial charge in [0, 0.05) is 13.6 Å². The average Bonchev–Trinajstić information content (AvgIpc) is 2.70. The van der Waals surface area contributed by atoms with Crippen molar-refractivity contribution in [3.8, 4) is 0 Å². The number of hydrogen-bond donors (Lipinski definition) is 2. The van der Waals surface area contributed by atoms with Gasteiger partial charge in [0.05, 0.1) is 12.6 Å². The van der Waals surface area contributed by atoms with Crippen LogP contribution in [-0.2, 0) is 6.54 Å². The average molecular weight is 347 g/mol. The summed E-state index contributed by atoms with van der Waals surface area (Å²) in [6, 6.07) is 3.47. The van der Waals surface area contributed by atoms with Crippen LogP contribution in [0.3, 0.4) is 0 Å². The molecule has 0 aliphatic rings. The van der Waals surface area contributed by atoms with Gasteiger partial charge in [-0.3, -0.25) is 0 Å². The Kier molecular flexibility index (Phi) is 6.07. The Morgan fingerprint density at radius 2 is 2.20 bits per heavy atom. The lowest BCUT2D eigenvalue weighted by Gasteiger charge is -2.27. The van der Waals surface area contributed by atoms with Crippen LogP contribution in [0, 0.1) is 5.41 Å². The van der Waals surface area contributed by atoms with Gasteiger partial charge in [0.1, 0.15) is 5.76 Å². The second-order valence-electron chi connectivity index (χ2n) is 5.94. The summed E-state index contributed by atoms with van der Waals surface area (Å²) in [5.41, 5.74) is -0.140. The number of aliphatic hydroxyl groups excluding tert-OH is 1. The highest BCUT2D eigenvalue weighted by atomic mass is 79.9. The Hall–Kier alpha value is -1.01. The molecular formula is C14H23BrN2O3. The van der Waals surface area contributed by atoms with E-state index in [1.54, 1.807) is 24.9 Å². The first-order valence-corrected chi connectivity index (χ1v) is 7.40. The van der Waals surface area contributed by atoms with E-state index in [0.717, 1.165) is 5.76 Å². The minimum atomic E-state index is -0.375. The van der Waals surface area contributed by atoms with E-state index >= 15 is 0 Å². The smallest absolute Gasteiger partial charge is 0.317 e. The van der Waals surface area contributed by atoms with Gasteiger partial charge in [-0.05, 0) is 46.8 Å². The molecular weight excluding hydrogens is 324 g/mol. The number of furan rings is 1. The van der Waals surface area contributed by atoms with Crippen LogP contribution in [0.2, 0.25) is 0 Å². The molecule has 0 aliphatic heterocycles. The molecule has 0 aromatic carbocycles. The molecule has 1 aromatic heterocycles. The Morgan fingerprint density at radius 3 is 2.70 bits per heavy atom. The highest BCUT2D eigenvalue weighted by Gasteiger charge is 2.22. The number of urea groups is 1. The number of hydrogen-bond acceptors (Lipinski definition) is 3. The molecule has 1 aromatic rings. The summed E-state index contributed by atoms with van der Waals surface area (Å²) in [7, 11) is 1.72. The maximum atomic E-state index is 12.0. The fourth-order valence-corrected chi connectivity index (χ4v) is 2.40. The van der Waals surface area contributed by atoms with Gasteiger partial charge in [0.2, 0.25) is 0 Å². The SMILES string of the molecule is CC(O)CC(C)(C)CNC(=O)N(C)Cc1ccc(Br)o1. The second-order valence-corrected chi connectivity index (χ2v) is 6.72. The Balaban J connectivity index is 2.42. The molecule has 20 heavy (non-hydrogen) atoms. The first-order chi connectivity index (χ1) is 9.19. The number of rotatable bonds is 6. The fourth-order valence-electron chi connectivity index (χ4n) is 2.06. The predicted octanol–water partition coefficient (Wildman–Crippen LogP) is 2.98. The lowest BCUT2D eigenvalue weighted by Crippen LogP contribution is -2.42. The zero-order valence-corrected chi connectivity index (χ0v) is 14.0. The quantitative estimate of drug-likeness (QED) is 0.831. The highest BCUT2D eigenvalue weighted by Crippen LogP contribution is 2.21. The van der Waals surface area contributed by atoms with Crippen molar-refractivity contribution in [2.24, 2.45) is 5.41 Å². The third kappa shape index (κ3) is 5.96. The topological polar surface area (TPSA) is 65.7 Å². The van der Waals surface area contributed by atoms with Gasteiger partial charge in [-0.15, -0.1) is 0 Å². The van der Waals surface area contributed by atoms with E-state index in [1.807, 2.05) is 19.9 Å². The number of carbonyl (C=O) groups excluding carboxylic acids is 1. The zero-order chi connectivity index (χ0) is 15.3. The molecule has 0 saturated heterocycles. The van der Waals surface area contributed by atoms with Gasteiger partial charge in [-0.1, -0.05) is 13.8 Å². The van der Waals surface area contributed by atoms with E-state index < -0.39 is 0 Å². The molecule has 114 valence electrons. The van der Waals surface area contributed by atoms with E-state index in [9.17, 15) is 9.90 Å². The first kappa shape index (κ1) is 17.0. The van der Waals surface area contributed by atoms with Gasteiger partial charge in [0.15, 0.2) is 4.67 Å². The molecule has 5 nitrogen and oxygen atoms in total. The fraction of sp³-hybridized carbons (Fsp3) is 0.643. The van der Waals surface area contributed by atoms with Crippen molar-refractivity contribution >= 4 is 22.0 Å². The molecule has 1 heterocycles. The minimum absolute atomic E-state index is 0.140. The van der Waals surface area contributed by atoms with Gasteiger partial charge in [-0.25, -0.2) is 4.79 Å². The summed E-state index contributed by atoms with van der Waals surface area (Å²) in [5.74, 6) is 0.720. The molecule has 0 saturated carbocycles. The standard InChI is InChI=1S/C14H23BrN2O3/c1-10(18)7-14(2,3)9-16-13(19)17(4)8-11-5-6-12(15)20-11/h5-6,10,18H,7-9H2,1-4H3,(H,16,19). The van der Waals surface area contributed by atoms with E-state index in [-0.39, 0.29) is 17.6 Å². The van der Waals surface area contributed by atoms with Gasteiger partial charge < -0.3 is 19.7 Å². The molecule has 0 fully saturated rings. The molecule has 1 rings (SSSR count). The summed E-state index contributed by atoms with van der Waals surface area (Å²) in [6.07, 6.45) is 0.266. The Bertz CT molecular complexity index is 443. The van der Waals surface area contributed by atoms with Crippen molar-refractivity contribution in [2.75, 3.05) is 13.6 Å². The summed E-state index contributed by atoms with van der Waals surface area (Å²) in [4.78, 5) is 13.5. The third-order valence-corrected chi connectivity index (χ3v) is 3.36. The van der Waals surface area contributed by atoms with E-state index in [0.29, 0.717) is 24.2 Å². The van der Waals surface area contributed by atoms with Crippen LogP contribution in [0.5, 0.6) is 0 Å². The summed E-state index contributed by atoms with van der Waals surface area (Å²) >= 11 is 3.23. The summed E-state index contributed by atoms with van der Waals surface area (Å²) < 4.78 is 6.02. The number of aliphatic hydroxyl groups is 1. The monoisotopic (exact) mass is 346 g/mol. The minimum Gasteiger partial charge on any atom is -0.452 e. The molecule has 1 unspecified atom stereocenters. The van der Waals surface area contributed by atoms with Gasteiger partial charge in [-0.2, -0.15) is 0 Å². The van der Waals surface area contributed by atoms with E-state index in [2.05, 4.69) is 21.2 Å². The van der Waals surface area contributed by atoms with E-state index in [1.165, 1.54) is 0 Å². The Morgan fingerprint density at radius 1 is 1.55 bits per heavy atom. The molecule has 2 N–H and O–H groups in total. The van der Waals surface area contributed by atoms with Crippen LogP contribution in [0.1, 0.15) is 33.0 Å². The number of nitrogens with zero attached hydrogens (tertiary/aromatic N) is 1. The number of nitrogens with one attached hydrogen (secondary N) is 1. The highest BCUT2D eigenvalue weighted by molar-refractivity contribution is 9.10. The maximum Gasteiger partial charge on any atom is 0.317 e. The van der Waals surface area contributed by atoms with Crippen LogP contribution in [-0.4, -0.2) is 35.7 Å². The number of halogens is 1. The molecule has 0 spiro atoms. The van der Waals surface area contributed by atoms with Crippen molar-refractivity contribution in [3.63, 3.8) is 0 Å². The van der Waals surface area contributed by atoms with Crippen molar-refractivity contribution < 1.29 is 14.3 Å². The summed E-state index contributed by atoms with van der Waals surface area (Å²) in [6.45, 7) is 6.72. The molecule has 0 radical (unpaired) electrons. The normalized spacial score (nSPS) is 13.1. The molecule has 1 atom stereocenters. The lowest BCUT2D eigenvalue weighted by molar-refractivity contribution is 0.127. The van der Waals surface area contributed by atoms with E-state index in [4.69, 9.17) is 4.42 Å². The van der Waals surface area contributed by atoms with Crippen molar-refractivity contribution in [1.82, 2.24) is 10.2 Å². The van der Waals surface area contributed by atoms with Crippen molar-refractivity contribution in [1.29, 1.82) is 0 Å². The molecule has 6 heteroatoms. The molecule has 0 bridgehead atoms. The van der Waals surface area contributed by atoms with Crippen molar-refractivity contribution in [2.45, 2.75) is 39.8 Å². The largest absolute Gasteiger partial charge is 0.452 e. The zero-order valence-electron chi connectivity index (χ0n) is 12.4. The van der Waals surface area contributed by atoms with Crippen LogP contribution < -0.4 is 5.32 Å². The second kappa shape index (κ2) is 7.13. The van der Waals surface area contributed by atoms with Crippen LogP contribution in [0.4, 0.5) is 4.79 Å². The molecule has 0 aliphatic carbocycles. The Labute approximate surface area is 128 Å². The van der Waals surface area contributed by atoms with Crippen LogP contribution in [0.25, 0.3) is 0 Å².